The number of rotatable bonds is 6. The zero-order valence-corrected chi connectivity index (χ0v) is 22.6. The number of hydrogen-bond donors (Lipinski definition) is 2. The first-order valence-corrected chi connectivity index (χ1v) is 12.7. The first kappa shape index (κ1) is 27.1. The van der Waals surface area contributed by atoms with Gasteiger partial charge in [-0.2, -0.15) is 0 Å². The van der Waals surface area contributed by atoms with Gasteiger partial charge < -0.3 is 24.8 Å². The fraction of sp³-hybridized carbons (Fsp3) is 0.704. The summed E-state index contributed by atoms with van der Waals surface area (Å²) >= 11 is 0. The van der Waals surface area contributed by atoms with Crippen LogP contribution in [-0.2, 0) is 9.47 Å². The van der Waals surface area contributed by atoms with Crippen LogP contribution in [0, 0.1) is 6.92 Å². The number of carbonyl (C=O) groups excluding carboxylic acids is 2. The minimum atomic E-state index is -0.505. The number of alkyl carbamates (subject to hydrolysis) is 1. The summed E-state index contributed by atoms with van der Waals surface area (Å²) in [5, 5.41) is 6.61. The molecule has 1 saturated carbocycles. The maximum absolute atomic E-state index is 12.5. The molecule has 0 bridgehead atoms. The molecule has 1 saturated heterocycles. The molecule has 1 aromatic rings. The Morgan fingerprint density at radius 1 is 0.971 bits per heavy atom. The molecule has 0 aromatic heterocycles. The van der Waals surface area contributed by atoms with Gasteiger partial charge in [-0.05, 0) is 85.8 Å². The van der Waals surface area contributed by atoms with E-state index >= 15 is 0 Å². The summed E-state index contributed by atoms with van der Waals surface area (Å²) in [4.78, 5) is 26.9. The summed E-state index contributed by atoms with van der Waals surface area (Å²) in [5.74, 6) is 0.309. The molecule has 2 aliphatic rings. The van der Waals surface area contributed by atoms with Crippen molar-refractivity contribution in [2.45, 2.75) is 103 Å². The number of benzene rings is 1. The Morgan fingerprint density at radius 3 is 2.11 bits per heavy atom. The van der Waals surface area contributed by atoms with Gasteiger partial charge >= 0.3 is 12.1 Å². The molecule has 35 heavy (non-hydrogen) atoms. The lowest BCUT2D eigenvalue weighted by Gasteiger charge is -2.47. The van der Waals surface area contributed by atoms with Gasteiger partial charge in [0.05, 0.1) is 12.7 Å². The second kappa shape index (κ2) is 10.6. The number of anilines is 1. The molecule has 0 radical (unpaired) electrons. The standard InChI is InChI=1S/C27H43N3O5/c1-17-22(24(31)33-8)13-20(34-21-15-30(16-21)26(2,3)4)14-23(17)28-18-9-11-19(12-10-18)29-25(32)35-27(5,6)7/h13-14,18-19,21,28H,9-12,15-16H2,1-8H3,(H,29,32). The number of hydrogen-bond acceptors (Lipinski definition) is 7. The van der Waals surface area contributed by atoms with E-state index in [0.29, 0.717) is 11.3 Å². The third-order valence-electron chi connectivity index (χ3n) is 6.69. The van der Waals surface area contributed by atoms with Gasteiger partial charge in [0.2, 0.25) is 0 Å². The zero-order chi connectivity index (χ0) is 26.0. The van der Waals surface area contributed by atoms with Crippen LogP contribution in [-0.4, -0.2) is 66.5 Å². The number of carbonyl (C=O) groups is 2. The van der Waals surface area contributed by atoms with Crippen molar-refractivity contribution in [3.8, 4) is 5.75 Å². The Morgan fingerprint density at radius 2 is 1.57 bits per heavy atom. The van der Waals surface area contributed by atoms with E-state index in [-0.39, 0.29) is 35.8 Å². The van der Waals surface area contributed by atoms with Crippen LogP contribution in [0.2, 0.25) is 0 Å². The van der Waals surface area contributed by atoms with E-state index in [4.69, 9.17) is 14.2 Å². The zero-order valence-electron chi connectivity index (χ0n) is 22.6. The molecule has 1 aliphatic carbocycles. The lowest BCUT2D eigenvalue weighted by atomic mass is 9.90. The van der Waals surface area contributed by atoms with E-state index in [1.807, 2.05) is 33.8 Å². The van der Waals surface area contributed by atoms with Crippen molar-refractivity contribution in [2.24, 2.45) is 0 Å². The van der Waals surface area contributed by atoms with Gasteiger partial charge in [0.25, 0.3) is 0 Å². The number of esters is 1. The van der Waals surface area contributed by atoms with E-state index in [9.17, 15) is 9.59 Å². The lowest BCUT2D eigenvalue weighted by molar-refractivity contribution is -0.0350. The molecule has 1 aliphatic heterocycles. The minimum absolute atomic E-state index is 0.102. The summed E-state index contributed by atoms with van der Waals surface area (Å²) in [6, 6.07) is 4.13. The summed E-state index contributed by atoms with van der Waals surface area (Å²) in [5.41, 5.74) is 1.87. The third-order valence-corrected chi connectivity index (χ3v) is 6.69. The highest BCUT2D eigenvalue weighted by Crippen LogP contribution is 2.32. The normalized spacial score (nSPS) is 21.6. The van der Waals surface area contributed by atoms with Crippen LogP contribution < -0.4 is 15.4 Å². The lowest BCUT2D eigenvalue weighted by Crippen LogP contribution is -2.60. The average molecular weight is 490 g/mol. The van der Waals surface area contributed by atoms with Crippen LogP contribution >= 0.6 is 0 Å². The first-order chi connectivity index (χ1) is 16.2. The minimum Gasteiger partial charge on any atom is -0.488 e. The molecule has 0 unspecified atom stereocenters. The summed E-state index contributed by atoms with van der Waals surface area (Å²) in [6.07, 6.45) is 3.27. The van der Waals surface area contributed by atoms with Crippen LogP contribution in [0.25, 0.3) is 0 Å². The fourth-order valence-electron chi connectivity index (χ4n) is 4.56. The molecular formula is C27H43N3O5. The third kappa shape index (κ3) is 7.50. The molecule has 8 nitrogen and oxygen atoms in total. The second-order valence-electron chi connectivity index (χ2n) is 11.8. The smallest absolute Gasteiger partial charge is 0.407 e. The molecule has 1 amide bonds. The van der Waals surface area contributed by atoms with Gasteiger partial charge in [-0.3, -0.25) is 4.90 Å². The number of ether oxygens (including phenoxy) is 3. The van der Waals surface area contributed by atoms with Gasteiger partial charge in [-0.1, -0.05) is 0 Å². The second-order valence-corrected chi connectivity index (χ2v) is 11.8. The molecule has 3 rings (SSSR count). The van der Waals surface area contributed by atoms with Crippen molar-refractivity contribution >= 4 is 17.7 Å². The molecule has 196 valence electrons. The van der Waals surface area contributed by atoms with E-state index in [0.717, 1.165) is 50.0 Å². The fourth-order valence-corrected chi connectivity index (χ4v) is 4.56. The van der Waals surface area contributed by atoms with Crippen LogP contribution in [0.1, 0.15) is 83.1 Å². The van der Waals surface area contributed by atoms with Crippen LogP contribution in [0.3, 0.4) is 0 Å². The molecule has 0 atom stereocenters. The van der Waals surface area contributed by atoms with Crippen molar-refractivity contribution in [3.05, 3.63) is 23.3 Å². The van der Waals surface area contributed by atoms with Gasteiger partial charge in [-0.25, -0.2) is 9.59 Å². The van der Waals surface area contributed by atoms with Crippen molar-refractivity contribution in [2.75, 3.05) is 25.5 Å². The molecule has 1 heterocycles. The number of nitrogens with zero attached hydrogens (tertiary/aromatic N) is 1. The Kier molecular flexibility index (Phi) is 8.25. The van der Waals surface area contributed by atoms with E-state index in [1.165, 1.54) is 7.11 Å². The molecule has 1 aromatic carbocycles. The molecule has 2 N–H and O–H groups in total. The number of amides is 1. The Bertz CT molecular complexity index is 905. The predicted octanol–water partition coefficient (Wildman–Crippen LogP) is 4.89. The van der Waals surface area contributed by atoms with Crippen molar-refractivity contribution in [1.29, 1.82) is 0 Å². The number of likely N-dealkylation sites (tertiary alicyclic amines) is 1. The van der Waals surface area contributed by atoms with Gasteiger partial charge in [0, 0.05) is 42.5 Å². The van der Waals surface area contributed by atoms with E-state index in [1.54, 1.807) is 6.07 Å². The Balaban J connectivity index is 1.63. The van der Waals surface area contributed by atoms with Crippen LogP contribution in [0.15, 0.2) is 12.1 Å². The monoisotopic (exact) mass is 489 g/mol. The van der Waals surface area contributed by atoms with Crippen molar-refractivity contribution in [1.82, 2.24) is 10.2 Å². The van der Waals surface area contributed by atoms with E-state index < -0.39 is 5.60 Å². The van der Waals surface area contributed by atoms with Crippen molar-refractivity contribution in [3.63, 3.8) is 0 Å². The molecule has 2 fully saturated rings. The summed E-state index contributed by atoms with van der Waals surface area (Å²) in [6.45, 7) is 15.8. The van der Waals surface area contributed by atoms with Crippen LogP contribution in [0.5, 0.6) is 5.75 Å². The molecular weight excluding hydrogens is 446 g/mol. The highest BCUT2D eigenvalue weighted by Gasteiger charge is 2.36. The largest absolute Gasteiger partial charge is 0.488 e. The number of methoxy groups -OCH3 is 1. The molecule has 0 spiro atoms. The van der Waals surface area contributed by atoms with Gasteiger partial charge in [0.1, 0.15) is 17.5 Å². The first-order valence-electron chi connectivity index (χ1n) is 12.7. The topological polar surface area (TPSA) is 89.1 Å². The maximum Gasteiger partial charge on any atom is 0.407 e. The Hall–Kier alpha value is -2.48. The summed E-state index contributed by atoms with van der Waals surface area (Å²) < 4.78 is 16.7. The highest BCUT2D eigenvalue weighted by atomic mass is 16.6. The van der Waals surface area contributed by atoms with Crippen molar-refractivity contribution < 1.29 is 23.8 Å². The summed E-state index contributed by atoms with van der Waals surface area (Å²) in [7, 11) is 1.40. The highest BCUT2D eigenvalue weighted by molar-refractivity contribution is 5.93. The predicted molar refractivity (Wildman–Crippen MR) is 137 cm³/mol. The Labute approximate surface area is 210 Å². The van der Waals surface area contributed by atoms with Gasteiger partial charge in [0.15, 0.2) is 0 Å². The quantitative estimate of drug-likeness (QED) is 0.550. The number of nitrogens with one attached hydrogen (secondary N) is 2. The van der Waals surface area contributed by atoms with E-state index in [2.05, 4.69) is 36.3 Å². The maximum atomic E-state index is 12.5. The van der Waals surface area contributed by atoms with Gasteiger partial charge in [-0.15, -0.1) is 0 Å². The SMILES string of the molecule is COC(=O)c1cc(OC2CN(C(C)(C)C)C2)cc(NC2CCC(NC(=O)OC(C)(C)C)CC2)c1C. The van der Waals surface area contributed by atoms with Crippen LogP contribution in [0.4, 0.5) is 10.5 Å². The average Bonchev–Trinajstić information content (AvgIpc) is 2.70. The molecule has 8 heteroatoms.